The zero-order valence-corrected chi connectivity index (χ0v) is 17.9. The van der Waals surface area contributed by atoms with Crippen LogP contribution in [0.15, 0.2) is 53.5 Å². The number of aromatic nitrogens is 2. The van der Waals surface area contributed by atoms with Crippen molar-refractivity contribution in [2.45, 2.75) is 18.4 Å². The fraction of sp³-hybridized carbons (Fsp3) is 0.250. The van der Waals surface area contributed by atoms with Gasteiger partial charge >= 0.3 is 0 Å². The molecule has 0 aliphatic carbocycles. The van der Waals surface area contributed by atoms with Crippen LogP contribution in [0.4, 0.5) is 4.39 Å². The van der Waals surface area contributed by atoms with Crippen molar-refractivity contribution in [2.75, 3.05) is 20.6 Å². The Morgan fingerprint density at radius 2 is 2.07 bits per heavy atom. The van der Waals surface area contributed by atoms with Crippen LogP contribution in [0, 0.1) is 6.92 Å². The van der Waals surface area contributed by atoms with Gasteiger partial charge in [-0.3, -0.25) is 4.98 Å². The molecule has 0 saturated heterocycles. The van der Waals surface area contributed by atoms with Crippen LogP contribution in [-0.4, -0.2) is 42.9 Å². The van der Waals surface area contributed by atoms with Crippen LogP contribution < -0.4 is 5.73 Å². The van der Waals surface area contributed by atoms with Gasteiger partial charge in [0, 0.05) is 55.2 Å². The van der Waals surface area contributed by atoms with Crippen molar-refractivity contribution in [2.24, 2.45) is 5.73 Å². The average Bonchev–Trinajstić information content (AvgIpc) is 2.95. The van der Waals surface area contributed by atoms with Crippen molar-refractivity contribution in [3.8, 4) is 11.1 Å². The molecule has 1 aromatic carbocycles. The average molecular weight is 437 g/mol. The third kappa shape index (κ3) is 3.93. The Balaban J connectivity index is 2.29. The van der Waals surface area contributed by atoms with Gasteiger partial charge < -0.3 is 10.3 Å². The highest BCUT2D eigenvalue weighted by atomic mass is 35.5. The topological polar surface area (TPSA) is 81.2 Å². The van der Waals surface area contributed by atoms with Gasteiger partial charge in [-0.25, -0.2) is 17.1 Å². The summed E-state index contributed by atoms with van der Waals surface area (Å²) in [5, 5.41) is 1.21. The molecule has 0 fully saturated rings. The van der Waals surface area contributed by atoms with E-state index < -0.39 is 10.0 Å². The largest absolute Gasteiger partial charge is 0.337 e. The standard InChI is InChI=1S/C20H22ClFN4O2S/c1-13-19(14-9-16(11-24-10-14)29(27,28)25(2)3)20-17(21)5-4-6-18(20)26(13)12-15(22)7-8-23/h4-7,9-11H,8,12,23H2,1-3H3/b15-7-. The summed E-state index contributed by atoms with van der Waals surface area (Å²) < 4.78 is 42.3. The summed E-state index contributed by atoms with van der Waals surface area (Å²) in [6.07, 6.45) is 4.20. The summed E-state index contributed by atoms with van der Waals surface area (Å²) in [6, 6.07) is 6.95. The third-order valence-corrected chi connectivity index (χ3v) is 6.82. The van der Waals surface area contributed by atoms with Crippen molar-refractivity contribution in [3.05, 3.63) is 59.3 Å². The fourth-order valence-electron chi connectivity index (χ4n) is 3.29. The zero-order chi connectivity index (χ0) is 21.3. The SMILES string of the molecule is Cc1c(-c2cncc(S(=O)(=O)N(C)C)c2)c2c(Cl)cccc2n1C/C(F)=C/CN. The van der Waals surface area contributed by atoms with Gasteiger partial charge in [-0.1, -0.05) is 17.7 Å². The monoisotopic (exact) mass is 436 g/mol. The van der Waals surface area contributed by atoms with Crippen molar-refractivity contribution in [3.63, 3.8) is 0 Å². The van der Waals surface area contributed by atoms with Crippen LogP contribution in [0.25, 0.3) is 22.0 Å². The molecule has 6 nitrogen and oxygen atoms in total. The van der Waals surface area contributed by atoms with Crippen molar-refractivity contribution < 1.29 is 12.8 Å². The third-order valence-electron chi connectivity index (χ3n) is 4.73. The lowest BCUT2D eigenvalue weighted by Gasteiger charge is -2.12. The number of halogens is 2. The minimum atomic E-state index is -3.66. The van der Waals surface area contributed by atoms with E-state index in [9.17, 15) is 12.8 Å². The first kappa shape index (κ1) is 21.4. The number of rotatable bonds is 6. The first-order chi connectivity index (χ1) is 13.7. The molecule has 0 bridgehead atoms. The molecule has 2 N–H and O–H groups in total. The Kier molecular flexibility index (Phi) is 6.09. The van der Waals surface area contributed by atoms with Crippen LogP contribution in [0.5, 0.6) is 0 Å². The maximum Gasteiger partial charge on any atom is 0.244 e. The fourth-order valence-corrected chi connectivity index (χ4v) is 4.45. The van der Waals surface area contributed by atoms with Gasteiger partial charge in [-0.15, -0.1) is 0 Å². The van der Waals surface area contributed by atoms with Crippen molar-refractivity contribution >= 4 is 32.5 Å². The van der Waals surface area contributed by atoms with E-state index in [4.69, 9.17) is 17.3 Å². The van der Waals surface area contributed by atoms with Gasteiger partial charge in [0.25, 0.3) is 0 Å². The number of hydrogen-bond acceptors (Lipinski definition) is 4. The van der Waals surface area contributed by atoms with E-state index in [0.29, 0.717) is 16.0 Å². The second-order valence-corrected chi connectivity index (χ2v) is 9.32. The molecule has 0 amide bonds. The summed E-state index contributed by atoms with van der Waals surface area (Å²) in [7, 11) is -0.733. The second-order valence-electron chi connectivity index (χ2n) is 6.76. The lowest BCUT2D eigenvalue weighted by Crippen LogP contribution is -2.22. The highest BCUT2D eigenvalue weighted by Gasteiger charge is 2.22. The molecule has 29 heavy (non-hydrogen) atoms. The van der Waals surface area contributed by atoms with Gasteiger partial charge in [0.05, 0.1) is 17.1 Å². The Morgan fingerprint density at radius 3 is 2.72 bits per heavy atom. The molecule has 3 rings (SSSR count). The van der Waals surface area contributed by atoms with Crippen LogP contribution in [0.1, 0.15) is 5.69 Å². The molecular weight excluding hydrogens is 415 g/mol. The van der Waals surface area contributed by atoms with E-state index in [1.807, 2.05) is 13.0 Å². The molecule has 0 atom stereocenters. The number of allylic oxidation sites excluding steroid dienone is 1. The van der Waals surface area contributed by atoms with Gasteiger partial charge in [-0.05, 0) is 31.2 Å². The highest BCUT2D eigenvalue weighted by Crippen LogP contribution is 2.39. The molecule has 0 radical (unpaired) electrons. The van der Waals surface area contributed by atoms with E-state index in [1.54, 1.807) is 29.0 Å². The number of sulfonamides is 1. The Hall–Kier alpha value is -2.26. The van der Waals surface area contributed by atoms with E-state index in [-0.39, 0.29) is 23.8 Å². The van der Waals surface area contributed by atoms with E-state index in [0.717, 1.165) is 21.1 Å². The molecular formula is C20H22ClFN4O2S. The van der Waals surface area contributed by atoms with Gasteiger partial charge in [0.15, 0.2) is 0 Å². The Bertz CT molecular complexity index is 1200. The number of benzene rings is 1. The minimum absolute atomic E-state index is 0.00297. The normalized spacial score (nSPS) is 12.9. The highest BCUT2D eigenvalue weighted by molar-refractivity contribution is 7.89. The van der Waals surface area contributed by atoms with Gasteiger partial charge in [0.1, 0.15) is 10.7 Å². The summed E-state index contributed by atoms with van der Waals surface area (Å²) in [5.41, 5.74) is 8.21. The number of nitrogens with two attached hydrogens (primary N) is 1. The maximum absolute atomic E-state index is 14.2. The summed E-state index contributed by atoms with van der Waals surface area (Å²) in [5.74, 6) is -0.360. The van der Waals surface area contributed by atoms with Crippen LogP contribution in [-0.2, 0) is 16.6 Å². The number of nitrogens with zero attached hydrogens (tertiary/aromatic N) is 3. The molecule has 2 heterocycles. The molecule has 2 aromatic heterocycles. The van der Waals surface area contributed by atoms with Gasteiger partial charge in [0.2, 0.25) is 10.0 Å². The Morgan fingerprint density at radius 1 is 1.34 bits per heavy atom. The van der Waals surface area contributed by atoms with Crippen LogP contribution in [0.2, 0.25) is 5.02 Å². The smallest absolute Gasteiger partial charge is 0.244 e. The molecule has 0 saturated carbocycles. The maximum atomic E-state index is 14.2. The predicted molar refractivity (Wildman–Crippen MR) is 114 cm³/mol. The van der Waals surface area contributed by atoms with Crippen LogP contribution in [0.3, 0.4) is 0 Å². The lowest BCUT2D eigenvalue weighted by molar-refractivity contribution is 0.520. The van der Waals surface area contributed by atoms with E-state index >= 15 is 0 Å². The molecule has 0 aliphatic rings. The molecule has 0 unspecified atom stereocenters. The van der Waals surface area contributed by atoms with E-state index in [1.165, 1.54) is 26.4 Å². The Labute approximate surface area is 174 Å². The van der Waals surface area contributed by atoms with Crippen LogP contribution >= 0.6 is 11.6 Å². The zero-order valence-electron chi connectivity index (χ0n) is 16.4. The molecule has 154 valence electrons. The molecule has 9 heteroatoms. The number of pyridine rings is 1. The first-order valence-corrected chi connectivity index (χ1v) is 10.7. The lowest BCUT2D eigenvalue weighted by atomic mass is 10.0. The number of hydrogen-bond donors (Lipinski definition) is 1. The summed E-state index contributed by atoms with van der Waals surface area (Å²) >= 11 is 6.49. The quantitative estimate of drug-likeness (QED) is 0.638. The molecule has 0 aliphatic heterocycles. The second kappa shape index (κ2) is 8.23. The van der Waals surface area contributed by atoms with Crippen molar-refractivity contribution in [1.29, 1.82) is 0 Å². The molecule has 0 spiro atoms. The van der Waals surface area contributed by atoms with Crippen molar-refractivity contribution in [1.82, 2.24) is 13.9 Å². The summed E-state index contributed by atoms with van der Waals surface area (Å²) in [6.45, 7) is 1.95. The first-order valence-electron chi connectivity index (χ1n) is 8.88. The number of fused-ring (bicyclic) bond motifs is 1. The molecule has 3 aromatic rings. The predicted octanol–water partition coefficient (Wildman–Crippen LogP) is 3.73. The minimum Gasteiger partial charge on any atom is -0.337 e. The van der Waals surface area contributed by atoms with E-state index in [2.05, 4.69) is 4.98 Å². The summed E-state index contributed by atoms with van der Waals surface area (Å²) in [4.78, 5) is 4.20. The van der Waals surface area contributed by atoms with Gasteiger partial charge in [-0.2, -0.15) is 0 Å².